The van der Waals surface area contributed by atoms with Gasteiger partial charge in [0.15, 0.2) is 6.10 Å². The van der Waals surface area contributed by atoms with E-state index in [0.29, 0.717) is 29.0 Å². The number of halogens is 1. The zero-order valence-electron chi connectivity index (χ0n) is 21.2. The highest BCUT2D eigenvalue weighted by molar-refractivity contribution is 6.30. The van der Waals surface area contributed by atoms with E-state index in [1.165, 1.54) is 0 Å². The second-order valence-electron chi connectivity index (χ2n) is 10.2. The molecule has 0 fully saturated rings. The summed E-state index contributed by atoms with van der Waals surface area (Å²) in [5.41, 5.74) is 5.37. The molecule has 2 aromatic carbocycles. The lowest BCUT2D eigenvalue weighted by molar-refractivity contribution is -0.160. The molecule has 1 aliphatic heterocycles. The Morgan fingerprint density at radius 2 is 1.86 bits per heavy atom. The van der Waals surface area contributed by atoms with E-state index in [1.54, 1.807) is 6.92 Å². The average Bonchev–Trinajstić information content (AvgIpc) is 3.38. The lowest BCUT2D eigenvalue weighted by Gasteiger charge is -2.34. The fourth-order valence-electron chi connectivity index (χ4n) is 5.13. The first-order valence-corrected chi connectivity index (χ1v) is 12.2. The number of hydrogen-bond donors (Lipinski definition) is 1. The van der Waals surface area contributed by atoms with Crippen LogP contribution in [0.3, 0.4) is 0 Å². The number of aliphatic carboxylic acids is 1. The van der Waals surface area contributed by atoms with Crippen molar-refractivity contribution in [1.29, 1.82) is 0 Å². The second-order valence-corrected chi connectivity index (χ2v) is 10.6. The van der Waals surface area contributed by atoms with Crippen LogP contribution in [0, 0.1) is 20.8 Å². The number of benzene rings is 2. The van der Waals surface area contributed by atoms with E-state index in [9.17, 15) is 9.90 Å². The van der Waals surface area contributed by atoms with E-state index in [-0.39, 0.29) is 0 Å². The first-order valence-electron chi connectivity index (χ1n) is 11.9. The lowest BCUT2D eigenvalue weighted by atomic mass is 9.87. The third-order valence-corrected chi connectivity index (χ3v) is 6.74. The lowest BCUT2D eigenvalue weighted by Crippen LogP contribution is -2.31. The minimum Gasteiger partial charge on any atom is -0.479 e. The van der Waals surface area contributed by atoms with Crippen LogP contribution in [-0.2, 0) is 16.1 Å². The minimum atomic E-state index is -1.20. The highest BCUT2D eigenvalue weighted by Crippen LogP contribution is 2.49. The van der Waals surface area contributed by atoms with E-state index >= 15 is 0 Å². The molecule has 1 aliphatic rings. The third-order valence-electron chi connectivity index (χ3n) is 6.49. The Balaban J connectivity index is 1.91. The molecule has 8 nitrogen and oxygen atoms in total. The standard InChI is InChI=1S/C27H29ClN4O4/c1-14-13-19-21(17-7-9-18(28)10-8-17)20(24(25(33)34)35-27(4,5)6)15(2)22-23(19)31(14)11-12-32(22)26-29-16(3)36-30-26/h7-10,13,24H,11-12H2,1-6H3,(H,33,34)/t24-/m0/s1. The van der Waals surface area contributed by atoms with E-state index < -0.39 is 17.7 Å². The molecule has 3 heterocycles. The number of aromatic nitrogens is 3. The monoisotopic (exact) mass is 508 g/mol. The first-order chi connectivity index (χ1) is 17.0. The third kappa shape index (κ3) is 4.04. The van der Waals surface area contributed by atoms with Gasteiger partial charge in [-0.25, -0.2) is 4.79 Å². The molecule has 0 unspecified atom stereocenters. The zero-order valence-corrected chi connectivity index (χ0v) is 22.0. The number of nitrogens with zero attached hydrogens (tertiary/aromatic N) is 4. The van der Waals surface area contributed by atoms with Crippen molar-refractivity contribution in [2.45, 2.75) is 59.8 Å². The second kappa shape index (κ2) is 8.64. The number of anilines is 2. The number of carbonyl (C=O) groups is 1. The van der Waals surface area contributed by atoms with Gasteiger partial charge in [0.1, 0.15) is 0 Å². The molecule has 5 rings (SSSR count). The molecule has 188 valence electrons. The Hall–Kier alpha value is -3.36. The quantitative estimate of drug-likeness (QED) is 0.335. The van der Waals surface area contributed by atoms with E-state index in [1.807, 2.05) is 56.9 Å². The number of rotatable bonds is 5. The van der Waals surface area contributed by atoms with Gasteiger partial charge in [0.25, 0.3) is 5.95 Å². The molecule has 4 aromatic rings. The number of hydrogen-bond acceptors (Lipinski definition) is 6. The Morgan fingerprint density at radius 3 is 2.44 bits per heavy atom. The molecule has 0 radical (unpaired) electrons. The molecule has 36 heavy (non-hydrogen) atoms. The predicted molar refractivity (Wildman–Crippen MR) is 139 cm³/mol. The van der Waals surface area contributed by atoms with Crippen LogP contribution in [0.4, 0.5) is 11.6 Å². The first kappa shape index (κ1) is 24.3. The van der Waals surface area contributed by atoms with E-state index in [0.717, 1.165) is 45.5 Å². The van der Waals surface area contributed by atoms with Crippen LogP contribution in [0.25, 0.3) is 22.0 Å². The van der Waals surface area contributed by atoms with Crippen LogP contribution in [0.2, 0.25) is 5.02 Å². The van der Waals surface area contributed by atoms with Gasteiger partial charge in [0.2, 0.25) is 5.89 Å². The maximum atomic E-state index is 12.7. The minimum absolute atomic E-state index is 0.454. The molecule has 1 N–H and O–H groups in total. The molecule has 0 saturated carbocycles. The van der Waals surface area contributed by atoms with Crippen LogP contribution >= 0.6 is 11.6 Å². The summed E-state index contributed by atoms with van der Waals surface area (Å²) in [5.74, 6) is -0.131. The largest absolute Gasteiger partial charge is 0.479 e. The van der Waals surface area contributed by atoms with Crippen LogP contribution < -0.4 is 4.90 Å². The smallest absolute Gasteiger partial charge is 0.337 e. The number of carboxylic acid groups (broad SMARTS) is 1. The van der Waals surface area contributed by atoms with Gasteiger partial charge < -0.3 is 23.8 Å². The summed E-state index contributed by atoms with van der Waals surface area (Å²) < 4.78 is 13.8. The van der Waals surface area contributed by atoms with Crippen LogP contribution in [0.5, 0.6) is 0 Å². The molecule has 9 heteroatoms. The topological polar surface area (TPSA) is 93.6 Å². The van der Waals surface area contributed by atoms with Gasteiger partial charge in [0, 0.05) is 41.7 Å². The van der Waals surface area contributed by atoms with Crippen molar-refractivity contribution >= 4 is 40.1 Å². The summed E-state index contributed by atoms with van der Waals surface area (Å²) in [6, 6.07) is 9.61. The maximum absolute atomic E-state index is 12.7. The van der Waals surface area contributed by atoms with Gasteiger partial charge in [-0.2, -0.15) is 4.98 Å². The molecule has 0 amide bonds. The highest BCUT2D eigenvalue weighted by atomic mass is 35.5. The van der Waals surface area contributed by atoms with Crippen molar-refractivity contribution in [2.24, 2.45) is 0 Å². The zero-order chi connectivity index (χ0) is 25.9. The van der Waals surface area contributed by atoms with Crippen molar-refractivity contribution in [2.75, 3.05) is 11.4 Å². The fourth-order valence-corrected chi connectivity index (χ4v) is 5.26. The summed E-state index contributed by atoms with van der Waals surface area (Å²) in [6.45, 7) is 12.7. The molecule has 0 aliphatic carbocycles. The summed E-state index contributed by atoms with van der Waals surface area (Å²) in [5, 5.41) is 16.1. The predicted octanol–water partition coefficient (Wildman–Crippen LogP) is 6.36. The molecule has 2 aromatic heterocycles. The van der Waals surface area contributed by atoms with Crippen LogP contribution in [0.1, 0.15) is 49.6 Å². The van der Waals surface area contributed by atoms with Crippen molar-refractivity contribution in [3.05, 3.63) is 58.1 Å². The van der Waals surface area contributed by atoms with Gasteiger partial charge in [-0.05, 0) is 74.7 Å². The summed E-state index contributed by atoms with van der Waals surface area (Å²) in [4.78, 5) is 19.2. The van der Waals surface area contributed by atoms with Crippen molar-refractivity contribution in [3.8, 4) is 11.1 Å². The van der Waals surface area contributed by atoms with E-state index in [4.69, 9.17) is 20.9 Å². The molecular formula is C27H29ClN4O4. The Kier molecular flexibility index (Phi) is 5.84. The molecule has 0 spiro atoms. The average molecular weight is 509 g/mol. The summed E-state index contributed by atoms with van der Waals surface area (Å²) >= 11 is 6.21. The van der Waals surface area contributed by atoms with Gasteiger partial charge in [-0.3, -0.25) is 0 Å². The molecule has 0 bridgehead atoms. The van der Waals surface area contributed by atoms with E-state index in [2.05, 4.69) is 27.7 Å². The Labute approximate surface area is 214 Å². The molecule has 1 atom stereocenters. The fraction of sp³-hybridized carbons (Fsp3) is 0.370. The van der Waals surface area contributed by atoms with Gasteiger partial charge in [0.05, 0.1) is 16.8 Å². The Bertz CT molecular complexity index is 1480. The normalized spacial score (nSPS) is 14.5. The molecular weight excluding hydrogens is 480 g/mol. The van der Waals surface area contributed by atoms with Crippen molar-refractivity contribution in [1.82, 2.24) is 14.7 Å². The molecule has 0 saturated heterocycles. The number of carboxylic acids is 1. The van der Waals surface area contributed by atoms with Crippen molar-refractivity contribution in [3.63, 3.8) is 0 Å². The van der Waals surface area contributed by atoms with Gasteiger partial charge >= 0.3 is 5.97 Å². The highest BCUT2D eigenvalue weighted by Gasteiger charge is 2.37. The maximum Gasteiger partial charge on any atom is 0.337 e. The van der Waals surface area contributed by atoms with Crippen molar-refractivity contribution < 1.29 is 19.2 Å². The summed E-state index contributed by atoms with van der Waals surface area (Å²) in [6.07, 6.45) is -1.20. The van der Waals surface area contributed by atoms with Gasteiger partial charge in [-0.15, -0.1) is 0 Å². The van der Waals surface area contributed by atoms with Crippen LogP contribution in [0.15, 0.2) is 34.9 Å². The number of ether oxygens (including phenoxy) is 1. The van der Waals surface area contributed by atoms with Crippen LogP contribution in [-0.4, -0.2) is 37.9 Å². The SMILES string of the molecule is Cc1nc(N2CCn3c(C)cc4c(-c5ccc(Cl)cc5)c([C@H](OC(C)(C)C)C(=O)O)c(C)c2c43)no1. The number of aryl methyl sites for hydroxylation is 2. The van der Waals surface area contributed by atoms with Gasteiger partial charge in [-0.1, -0.05) is 23.7 Å². The Morgan fingerprint density at radius 1 is 1.17 bits per heavy atom. The summed E-state index contributed by atoms with van der Waals surface area (Å²) in [7, 11) is 0.